The highest BCUT2D eigenvalue weighted by Gasteiger charge is 2.14. The van der Waals surface area contributed by atoms with Crippen LogP contribution in [0.4, 0.5) is 5.82 Å². The van der Waals surface area contributed by atoms with Gasteiger partial charge in [-0.2, -0.15) is 0 Å². The Balaban J connectivity index is 2.25. The number of aryl methyl sites for hydroxylation is 1. The van der Waals surface area contributed by atoms with Crippen molar-refractivity contribution in [1.82, 2.24) is 9.97 Å². The second-order valence-corrected chi connectivity index (χ2v) is 7.22. The van der Waals surface area contributed by atoms with Crippen molar-refractivity contribution >= 4 is 37.4 Å². The predicted molar refractivity (Wildman–Crippen MR) is 83.4 cm³/mol. The number of hydrogen-bond donors (Lipinski definition) is 2. The molecule has 0 amide bonds. The summed E-state index contributed by atoms with van der Waals surface area (Å²) in [6, 6.07) is 6.66. The molecule has 3 aromatic rings. The van der Waals surface area contributed by atoms with Gasteiger partial charge in [-0.3, -0.25) is 0 Å². The Morgan fingerprint density at radius 1 is 1.19 bits per heavy atom. The molecule has 1 aromatic carbocycles. The fourth-order valence-electron chi connectivity index (χ4n) is 2.05. The van der Waals surface area contributed by atoms with Crippen LogP contribution in [0.1, 0.15) is 5.56 Å². The van der Waals surface area contributed by atoms with E-state index in [0.29, 0.717) is 5.82 Å². The maximum atomic E-state index is 11.5. The Hall–Kier alpha value is -2.03. The fourth-order valence-corrected chi connectivity index (χ4v) is 3.68. The molecule has 6 nitrogen and oxygen atoms in total. The number of aromatic nitrogens is 2. The van der Waals surface area contributed by atoms with Gasteiger partial charge in [0.25, 0.3) is 0 Å². The number of hydrogen-bond acceptors (Lipinski definition) is 6. The minimum Gasteiger partial charge on any atom is -0.382 e. The van der Waals surface area contributed by atoms with Gasteiger partial charge in [-0.05, 0) is 36.2 Å². The van der Waals surface area contributed by atoms with Crippen molar-refractivity contribution in [3.63, 3.8) is 0 Å². The second-order valence-electron chi connectivity index (χ2n) is 4.61. The third-order valence-corrected chi connectivity index (χ3v) is 5.23. The van der Waals surface area contributed by atoms with Crippen molar-refractivity contribution in [3.8, 4) is 10.4 Å². The number of nitrogens with zero attached hydrogens (tertiary/aromatic N) is 2. The summed E-state index contributed by atoms with van der Waals surface area (Å²) < 4.78 is 23.8. The van der Waals surface area contributed by atoms with Gasteiger partial charge in [0.05, 0.1) is 15.1 Å². The van der Waals surface area contributed by atoms with Crippen molar-refractivity contribution in [1.29, 1.82) is 0 Å². The maximum absolute atomic E-state index is 11.5. The number of nitrogen functional groups attached to an aromatic ring is 1. The third-order valence-electron chi connectivity index (χ3n) is 3.14. The fraction of sp³-hybridized carbons (Fsp3) is 0.0769. The summed E-state index contributed by atoms with van der Waals surface area (Å²) in [5.74, 6) is 0.413. The first kappa shape index (κ1) is 13.9. The molecule has 0 saturated carbocycles. The molecule has 0 spiro atoms. The lowest BCUT2D eigenvalue weighted by Crippen LogP contribution is -2.12. The average Bonchev–Trinajstić information content (AvgIpc) is 2.83. The zero-order valence-electron chi connectivity index (χ0n) is 11.1. The molecule has 0 saturated heterocycles. The summed E-state index contributed by atoms with van der Waals surface area (Å²) in [6.45, 7) is 1.90. The van der Waals surface area contributed by atoms with E-state index in [1.54, 1.807) is 12.1 Å². The summed E-state index contributed by atoms with van der Waals surface area (Å²) in [4.78, 5) is 9.08. The zero-order chi connectivity index (χ0) is 15.2. The summed E-state index contributed by atoms with van der Waals surface area (Å²) >= 11 is 1.42. The SMILES string of the molecule is Cc1ccc(S(N)(=O)=O)cc1-c1cc2ncnc(N)c2s1. The molecule has 108 valence electrons. The molecule has 0 aliphatic rings. The van der Waals surface area contributed by atoms with E-state index in [1.165, 1.54) is 23.7 Å². The van der Waals surface area contributed by atoms with Crippen LogP contribution in [0.25, 0.3) is 20.7 Å². The Morgan fingerprint density at radius 2 is 1.95 bits per heavy atom. The highest BCUT2D eigenvalue weighted by molar-refractivity contribution is 7.89. The average molecular weight is 320 g/mol. The number of rotatable bonds is 2. The van der Waals surface area contributed by atoms with E-state index >= 15 is 0 Å². The Kier molecular flexibility index (Phi) is 3.16. The molecule has 21 heavy (non-hydrogen) atoms. The molecule has 2 aromatic heterocycles. The lowest BCUT2D eigenvalue weighted by Gasteiger charge is -2.05. The lowest BCUT2D eigenvalue weighted by molar-refractivity contribution is 0.598. The van der Waals surface area contributed by atoms with Gasteiger partial charge in [0.15, 0.2) is 0 Å². The molecule has 8 heteroatoms. The van der Waals surface area contributed by atoms with Crippen LogP contribution in [0.5, 0.6) is 0 Å². The normalized spacial score (nSPS) is 11.9. The molecule has 0 unspecified atom stereocenters. The number of nitrogens with two attached hydrogens (primary N) is 2. The van der Waals surface area contributed by atoms with Gasteiger partial charge in [0.2, 0.25) is 10.0 Å². The number of benzene rings is 1. The highest BCUT2D eigenvalue weighted by Crippen LogP contribution is 2.36. The molecule has 0 atom stereocenters. The van der Waals surface area contributed by atoms with Crippen LogP contribution >= 0.6 is 11.3 Å². The Labute approximate surface area is 125 Å². The van der Waals surface area contributed by atoms with Crippen molar-refractivity contribution in [3.05, 3.63) is 36.2 Å². The Bertz CT molecular complexity index is 948. The van der Waals surface area contributed by atoms with E-state index in [9.17, 15) is 8.42 Å². The van der Waals surface area contributed by atoms with Crippen LogP contribution in [0.2, 0.25) is 0 Å². The number of primary sulfonamides is 1. The van der Waals surface area contributed by atoms with Gasteiger partial charge in [-0.25, -0.2) is 23.5 Å². The van der Waals surface area contributed by atoms with E-state index in [0.717, 1.165) is 26.2 Å². The second kappa shape index (κ2) is 4.76. The van der Waals surface area contributed by atoms with Gasteiger partial charge in [-0.15, -0.1) is 11.3 Å². The van der Waals surface area contributed by atoms with E-state index < -0.39 is 10.0 Å². The molecule has 4 N–H and O–H groups in total. The summed E-state index contributed by atoms with van der Waals surface area (Å²) in [6.07, 6.45) is 1.40. The van der Waals surface area contributed by atoms with E-state index in [1.807, 2.05) is 13.0 Å². The molecule has 3 rings (SSSR count). The molecular formula is C13H12N4O2S2. The van der Waals surface area contributed by atoms with Crippen LogP contribution < -0.4 is 10.9 Å². The smallest absolute Gasteiger partial charge is 0.238 e. The predicted octanol–water partition coefficient (Wildman–Crippen LogP) is 1.90. The molecule has 0 bridgehead atoms. The van der Waals surface area contributed by atoms with Crippen LogP contribution in [-0.2, 0) is 10.0 Å². The van der Waals surface area contributed by atoms with Crippen molar-refractivity contribution < 1.29 is 8.42 Å². The number of fused-ring (bicyclic) bond motifs is 1. The lowest BCUT2D eigenvalue weighted by atomic mass is 10.1. The van der Waals surface area contributed by atoms with Crippen molar-refractivity contribution in [2.24, 2.45) is 5.14 Å². The standard InChI is InChI=1S/C13H12N4O2S2/c1-7-2-3-8(21(15,18)19)4-9(7)11-5-10-12(20-11)13(14)17-6-16-10/h2-6H,1H3,(H2,14,16,17)(H2,15,18,19). The zero-order valence-corrected chi connectivity index (χ0v) is 12.7. The minimum atomic E-state index is -3.74. The van der Waals surface area contributed by atoms with Crippen LogP contribution in [0.15, 0.2) is 35.5 Å². The summed E-state index contributed by atoms with van der Waals surface area (Å²) in [5.41, 5.74) is 8.31. The molecule has 0 radical (unpaired) electrons. The van der Waals surface area contributed by atoms with Crippen LogP contribution in [-0.4, -0.2) is 18.4 Å². The third kappa shape index (κ3) is 2.48. The maximum Gasteiger partial charge on any atom is 0.238 e. The quantitative estimate of drug-likeness (QED) is 0.749. The molecule has 0 aliphatic carbocycles. The van der Waals surface area contributed by atoms with Crippen LogP contribution in [0, 0.1) is 6.92 Å². The van der Waals surface area contributed by atoms with Gasteiger partial charge >= 0.3 is 0 Å². The molecule has 2 heterocycles. The van der Waals surface area contributed by atoms with E-state index in [4.69, 9.17) is 10.9 Å². The highest BCUT2D eigenvalue weighted by atomic mass is 32.2. The van der Waals surface area contributed by atoms with Gasteiger partial charge in [-0.1, -0.05) is 6.07 Å². The number of thiophene rings is 1. The number of sulfonamides is 1. The van der Waals surface area contributed by atoms with Crippen molar-refractivity contribution in [2.75, 3.05) is 5.73 Å². The Morgan fingerprint density at radius 3 is 2.62 bits per heavy atom. The largest absolute Gasteiger partial charge is 0.382 e. The van der Waals surface area contributed by atoms with Crippen molar-refractivity contribution in [2.45, 2.75) is 11.8 Å². The number of anilines is 1. The summed E-state index contributed by atoms with van der Waals surface area (Å²) in [7, 11) is -3.74. The minimum absolute atomic E-state index is 0.0830. The molecule has 0 fully saturated rings. The van der Waals surface area contributed by atoms with E-state index in [2.05, 4.69) is 9.97 Å². The first-order valence-corrected chi connectivity index (χ1v) is 8.36. The topological polar surface area (TPSA) is 112 Å². The van der Waals surface area contributed by atoms with Gasteiger partial charge < -0.3 is 5.73 Å². The first-order valence-electron chi connectivity index (χ1n) is 6.00. The summed E-state index contributed by atoms with van der Waals surface area (Å²) in [5, 5.41) is 5.19. The first-order chi connectivity index (χ1) is 9.86. The van der Waals surface area contributed by atoms with Crippen LogP contribution in [0.3, 0.4) is 0 Å². The molecular weight excluding hydrogens is 308 g/mol. The molecule has 0 aliphatic heterocycles. The monoisotopic (exact) mass is 320 g/mol. The van der Waals surface area contributed by atoms with Gasteiger partial charge in [0, 0.05) is 4.88 Å². The van der Waals surface area contributed by atoms with E-state index in [-0.39, 0.29) is 4.90 Å². The van der Waals surface area contributed by atoms with Gasteiger partial charge in [0.1, 0.15) is 12.1 Å².